The minimum absolute atomic E-state index is 0.315. The van der Waals surface area contributed by atoms with Crippen molar-refractivity contribution in [3.8, 4) is 5.75 Å². The third kappa shape index (κ3) is 2.76. The standard InChI is InChI=1S/C12H13Cl2N3O/c1-2-17-12(15-8-16-17)7-18-11-5-3-4-10(14)9(11)6-13/h3-5,8H,2,6-7H2,1H3. The molecule has 0 fully saturated rings. The van der Waals surface area contributed by atoms with Gasteiger partial charge in [-0.1, -0.05) is 17.7 Å². The molecule has 0 saturated heterocycles. The molecule has 4 nitrogen and oxygen atoms in total. The molecule has 0 aliphatic heterocycles. The normalized spacial score (nSPS) is 10.6. The lowest BCUT2D eigenvalue weighted by Crippen LogP contribution is -2.08. The van der Waals surface area contributed by atoms with Gasteiger partial charge in [-0.3, -0.25) is 0 Å². The molecule has 2 rings (SSSR count). The molecule has 6 heteroatoms. The van der Waals surface area contributed by atoms with Crippen molar-refractivity contribution in [1.82, 2.24) is 14.8 Å². The summed E-state index contributed by atoms with van der Waals surface area (Å²) < 4.78 is 7.49. The van der Waals surface area contributed by atoms with E-state index in [2.05, 4.69) is 10.1 Å². The molecule has 0 aliphatic carbocycles. The van der Waals surface area contributed by atoms with E-state index in [-0.39, 0.29) is 0 Å². The second-order valence-corrected chi connectivity index (χ2v) is 4.31. The van der Waals surface area contributed by atoms with E-state index in [9.17, 15) is 0 Å². The third-order valence-corrected chi connectivity index (χ3v) is 3.18. The lowest BCUT2D eigenvalue weighted by atomic mass is 10.2. The molecule has 2 aromatic rings. The molecule has 1 heterocycles. The summed E-state index contributed by atoms with van der Waals surface area (Å²) in [6, 6.07) is 5.47. The number of aryl methyl sites for hydroxylation is 1. The van der Waals surface area contributed by atoms with Crippen LogP contribution in [0.15, 0.2) is 24.5 Å². The summed E-state index contributed by atoms with van der Waals surface area (Å²) in [5.74, 6) is 1.77. The Kier molecular flexibility index (Phi) is 4.44. The lowest BCUT2D eigenvalue weighted by molar-refractivity contribution is 0.285. The molecule has 96 valence electrons. The Hall–Kier alpha value is -1.26. The minimum Gasteiger partial charge on any atom is -0.485 e. The Morgan fingerprint density at radius 3 is 2.94 bits per heavy atom. The largest absolute Gasteiger partial charge is 0.485 e. The Morgan fingerprint density at radius 1 is 1.39 bits per heavy atom. The van der Waals surface area contributed by atoms with Gasteiger partial charge in [0, 0.05) is 17.1 Å². The maximum Gasteiger partial charge on any atom is 0.164 e. The fourth-order valence-corrected chi connectivity index (χ4v) is 2.19. The van der Waals surface area contributed by atoms with Crippen molar-refractivity contribution in [3.63, 3.8) is 0 Å². The van der Waals surface area contributed by atoms with E-state index < -0.39 is 0 Å². The third-order valence-electron chi connectivity index (χ3n) is 2.56. The SMILES string of the molecule is CCn1ncnc1COc1cccc(Cl)c1CCl. The first kappa shape index (κ1) is 13.2. The van der Waals surface area contributed by atoms with E-state index in [1.165, 1.54) is 6.33 Å². The van der Waals surface area contributed by atoms with Gasteiger partial charge in [0.1, 0.15) is 18.7 Å². The molecule has 0 atom stereocenters. The molecule has 1 aromatic carbocycles. The number of rotatable bonds is 5. The summed E-state index contributed by atoms with van der Waals surface area (Å²) in [5.41, 5.74) is 0.795. The van der Waals surface area contributed by atoms with Crippen molar-refractivity contribution in [2.45, 2.75) is 26.0 Å². The van der Waals surface area contributed by atoms with Crippen molar-refractivity contribution in [2.75, 3.05) is 0 Å². The van der Waals surface area contributed by atoms with Crippen LogP contribution in [0, 0.1) is 0 Å². The van der Waals surface area contributed by atoms with Gasteiger partial charge in [0.25, 0.3) is 0 Å². The zero-order valence-corrected chi connectivity index (χ0v) is 11.4. The number of benzene rings is 1. The second-order valence-electron chi connectivity index (χ2n) is 3.63. The van der Waals surface area contributed by atoms with Crippen LogP contribution < -0.4 is 4.74 Å². The van der Waals surface area contributed by atoms with E-state index in [4.69, 9.17) is 27.9 Å². The number of aromatic nitrogens is 3. The van der Waals surface area contributed by atoms with Crippen LogP contribution in [-0.2, 0) is 19.0 Å². The Morgan fingerprint density at radius 2 is 2.22 bits per heavy atom. The van der Waals surface area contributed by atoms with Crippen LogP contribution >= 0.6 is 23.2 Å². The van der Waals surface area contributed by atoms with Crippen LogP contribution in [0.3, 0.4) is 0 Å². The number of hydrogen-bond donors (Lipinski definition) is 0. The van der Waals surface area contributed by atoms with Crippen LogP contribution in [0.1, 0.15) is 18.3 Å². The van der Waals surface area contributed by atoms with Gasteiger partial charge in [0.15, 0.2) is 5.82 Å². The first-order valence-corrected chi connectivity index (χ1v) is 6.50. The van der Waals surface area contributed by atoms with E-state index in [0.717, 1.165) is 17.9 Å². The molecule has 0 unspecified atom stereocenters. The number of halogens is 2. The highest BCUT2D eigenvalue weighted by molar-refractivity contribution is 6.32. The van der Waals surface area contributed by atoms with Gasteiger partial charge >= 0.3 is 0 Å². The number of hydrogen-bond acceptors (Lipinski definition) is 3. The second kappa shape index (κ2) is 6.07. The van der Waals surface area contributed by atoms with Crippen molar-refractivity contribution in [3.05, 3.63) is 40.9 Å². The topological polar surface area (TPSA) is 39.9 Å². The number of nitrogens with zero attached hydrogens (tertiary/aromatic N) is 3. The molecule has 1 aromatic heterocycles. The predicted molar refractivity (Wildman–Crippen MR) is 71.0 cm³/mol. The van der Waals surface area contributed by atoms with Gasteiger partial charge in [0.2, 0.25) is 0 Å². The fourth-order valence-electron chi connectivity index (χ4n) is 1.61. The zero-order chi connectivity index (χ0) is 13.0. The van der Waals surface area contributed by atoms with E-state index in [1.807, 2.05) is 19.1 Å². The summed E-state index contributed by atoms with van der Waals surface area (Å²) in [6.07, 6.45) is 1.52. The molecule has 0 radical (unpaired) electrons. The Balaban J connectivity index is 2.13. The summed E-state index contributed by atoms with van der Waals surface area (Å²) in [6.45, 7) is 3.11. The van der Waals surface area contributed by atoms with Gasteiger partial charge in [0.05, 0.1) is 5.88 Å². The number of alkyl halides is 1. The Labute approximate surface area is 115 Å². The first-order valence-electron chi connectivity index (χ1n) is 5.59. The molecule has 0 saturated carbocycles. The van der Waals surface area contributed by atoms with E-state index in [1.54, 1.807) is 10.7 Å². The first-order chi connectivity index (χ1) is 8.76. The quantitative estimate of drug-likeness (QED) is 0.792. The van der Waals surface area contributed by atoms with Gasteiger partial charge in [-0.15, -0.1) is 11.6 Å². The van der Waals surface area contributed by atoms with Crippen LogP contribution in [0.4, 0.5) is 0 Å². The Bertz CT molecular complexity index is 528. The summed E-state index contributed by atoms with van der Waals surface area (Å²) in [7, 11) is 0. The van der Waals surface area contributed by atoms with E-state index in [0.29, 0.717) is 23.3 Å². The molecule has 0 aliphatic rings. The molecular weight excluding hydrogens is 273 g/mol. The van der Waals surface area contributed by atoms with Gasteiger partial charge in [-0.25, -0.2) is 9.67 Å². The van der Waals surface area contributed by atoms with Crippen molar-refractivity contribution in [2.24, 2.45) is 0 Å². The molecule has 18 heavy (non-hydrogen) atoms. The summed E-state index contributed by atoms with van der Waals surface area (Å²) >= 11 is 11.9. The summed E-state index contributed by atoms with van der Waals surface area (Å²) in [5, 5.41) is 4.69. The average Bonchev–Trinajstić information content (AvgIpc) is 2.83. The number of ether oxygens (including phenoxy) is 1. The van der Waals surface area contributed by atoms with Gasteiger partial charge < -0.3 is 4.74 Å². The highest BCUT2D eigenvalue weighted by atomic mass is 35.5. The van der Waals surface area contributed by atoms with Crippen molar-refractivity contribution >= 4 is 23.2 Å². The average molecular weight is 286 g/mol. The van der Waals surface area contributed by atoms with Gasteiger partial charge in [-0.05, 0) is 19.1 Å². The molecule has 0 spiro atoms. The van der Waals surface area contributed by atoms with Crippen LogP contribution in [0.5, 0.6) is 5.75 Å². The minimum atomic E-state index is 0.315. The smallest absolute Gasteiger partial charge is 0.164 e. The maximum absolute atomic E-state index is 6.05. The van der Waals surface area contributed by atoms with Crippen LogP contribution in [0.2, 0.25) is 5.02 Å². The lowest BCUT2D eigenvalue weighted by Gasteiger charge is -2.11. The molecule has 0 bridgehead atoms. The molecule has 0 amide bonds. The summed E-state index contributed by atoms with van der Waals surface area (Å²) in [4.78, 5) is 4.14. The predicted octanol–water partition coefficient (Wildman–Crippen LogP) is 3.27. The highest BCUT2D eigenvalue weighted by Gasteiger charge is 2.09. The monoisotopic (exact) mass is 285 g/mol. The zero-order valence-electron chi connectivity index (χ0n) is 9.94. The molecular formula is C12H13Cl2N3O. The maximum atomic E-state index is 6.05. The van der Waals surface area contributed by atoms with Gasteiger partial charge in [-0.2, -0.15) is 5.10 Å². The van der Waals surface area contributed by atoms with E-state index >= 15 is 0 Å². The molecule has 0 N–H and O–H groups in total. The highest BCUT2D eigenvalue weighted by Crippen LogP contribution is 2.28. The fraction of sp³-hybridized carbons (Fsp3) is 0.333. The van der Waals surface area contributed by atoms with Crippen molar-refractivity contribution in [1.29, 1.82) is 0 Å². The van der Waals surface area contributed by atoms with Crippen LogP contribution in [-0.4, -0.2) is 14.8 Å². The van der Waals surface area contributed by atoms with Crippen molar-refractivity contribution < 1.29 is 4.74 Å². The van der Waals surface area contributed by atoms with Crippen LogP contribution in [0.25, 0.3) is 0 Å².